The Morgan fingerprint density at radius 2 is 1.12 bits per heavy atom. The second kappa shape index (κ2) is 20.1. The van der Waals surface area contributed by atoms with Crippen LogP contribution in [0, 0.1) is 0 Å². The zero-order valence-electron chi connectivity index (χ0n) is 22.3. The Balaban J connectivity index is 1.98. The fraction of sp³-hybridized carbons (Fsp3) is 0.774. The second-order valence-electron chi connectivity index (χ2n) is 10.5. The molecule has 0 radical (unpaired) electrons. The van der Waals surface area contributed by atoms with Crippen molar-refractivity contribution < 1.29 is 9.90 Å². The first-order chi connectivity index (χ1) is 16.0. The minimum atomic E-state index is -0.744. The topological polar surface area (TPSA) is 37.3 Å². The third kappa shape index (κ3) is 16.0. The van der Waals surface area contributed by atoms with Gasteiger partial charge in [0, 0.05) is 0 Å². The van der Waals surface area contributed by atoms with E-state index in [0.717, 1.165) is 12.0 Å². The van der Waals surface area contributed by atoms with Crippen LogP contribution in [-0.4, -0.2) is 11.1 Å². The first-order valence-corrected chi connectivity index (χ1v) is 14.4. The van der Waals surface area contributed by atoms with E-state index in [-0.39, 0.29) is 6.42 Å². The van der Waals surface area contributed by atoms with Gasteiger partial charge in [0.15, 0.2) is 0 Å². The first-order valence-electron chi connectivity index (χ1n) is 14.4. The number of rotatable bonds is 22. The van der Waals surface area contributed by atoms with Crippen LogP contribution in [0.15, 0.2) is 18.2 Å². The van der Waals surface area contributed by atoms with Crippen LogP contribution in [0.2, 0.25) is 0 Å². The van der Waals surface area contributed by atoms with E-state index >= 15 is 0 Å². The molecule has 0 amide bonds. The molecule has 0 bridgehead atoms. The predicted molar refractivity (Wildman–Crippen MR) is 144 cm³/mol. The van der Waals surface area contributed by atoms with Crippen LogP contribution in [0.1, 0.15) is 159 Å². The molecule has 33 heavy (non-hydrogen) atoms. The maximum absolute atomic E-state index is 11.0. The standard InChI is InChI=1S/C31H54O2/c1-4-5-6-7-8-9-10-11-12-13-14-15-16-17-18-19-20-21-22-29-25-28(26-31(32)33)23-24-30(29)27(2)3/h23-25,27H,4-22,26H2,1-3H3,(H,32,33). The number of carboxylic acids is 1. The van der Waals surface area contributed by atoms with Crippen molar-refractivity contribution in [1.82, 2.24) is 0 Å². The van der Waals surface area contributed by atoms with Crippen molar-refractivity contribution in [2.75, 3.05) is 0 Å². The van der Waals surface area contributed by atoms with E-state index < -0.39 is 5.97 Å². The van der Waals surface area contributed by atoms with Crippen LogP contribution >= 0.6 is 0 Å². The van der Waals surface area contributed by atoms with Gasteiger partial charge in [0.2, 0.25) is 0 Å². The number of aliphatic carboxylic acids is 1. The van der Waals surface area contributed by atoms with Crippen LogP contribution in [-0.2, 0) is 17.6 Å². The summed E-state index contributed by atoms with van der Waals surface area (Å²) in [5, 5.41) is 9.08. The molecule has 0 fully saturated rings. The summed E-state index contributed by atoms with van der Waals surface area (Å²) in [6.45, 7) is 6.74. The van der Waals surface area contributed by atoms with Gasteiger partial charge in [-0.3, -0.25) is 4.79 Å². The third-order valence-electron chi connectivity index (χ3n) is 6.98. The summed E-state index contributed by atoms with van der Waals surface area (Å²) in [5.41, 5.74) is 3.68. The number of unbranched alkanes of at least 4 members (excludes halogenated alkanes) is 17. The molecule has 0 aliphatic heterocycles. The Morgan fingerprint density at radius 1 is 0.697 bits per heavy atom. The van der Waals surface area contributed by atoms with Gasteiger partial charge in [0.05, 0.1) is 6.42 Å². The lowest BCUT2D eigenvalue weighted by Crippen LogP contribution is -2.03. The molecule has 0 aliphatic carbocycles. The first kappa shape index (κ1) is 29.7. The molecule has 0 unspecified atom stereocenters. The minimum Gasteiger partial charge on any atom is -0.481 e. The van der Waals surface area contributed by atoms with Crippen molar-refractivity contribution in [2.24, 2.45) is 0 Å². The maximum atomic E-state index is 11.0. The quantitative estimate of drug-likeness (QED) is 0.175. The van der Waals surface area contributed by atoms with Crippen molar-refractivity contribution in [3.8, 4) is 0 Å². The van der Waals surface area contributed by atoms with E-state index in [0.29, 0.717) is 5.92 Å². The molecular formula is C31H54O2. The smallest absolute Gasteiger partial charge is 0.307 e. The zero-order chi connectivity index (χ0) is 24.2. The van der Waals surface area contributed by atoms with Crippen LogP contribution in [0.3, 0.4) is 0 Å². The van der Waals surface area contributed by atoms with Gasteiger partial charge in [0.1, 0.15) is 0 Å². The highest BCUT2D eigenvalue weighted by Crippen LogP contribution is 2.23. The van der Waals surface area contributed by atoms with E-state index in [9.17, 15) is 4.79 Å². The Hall–Kier alpha value is -1.31. The number of aryl methyl sites for hydroxylation is 1. The molecule has 0 saturated heterocycles. The monoisotopic (exact) mass is 458 g/mol. The van der Waals surface area contributed by atoms with Crippen molar-refractivity contribution in [3.05, 3.63) is 34.9 Å². The van der Waals surface area contributed by atoms with Gasteiger partial charge in [0.25, 0.3) is 0 Å². The summed E-state index contributed by atoms with van der Waals surface area (Å²) < 4.78 is 0. The summed E-state index contributed by atoms with van der Waals surface area (Å²) in [6, 6.07) is 6.27. The molecular weight excluding hydrogens is 404 g/mol. The van der Waals surface area contributed by atoms with Gasteiger partial charge >= 0.3 is 5.97 Å². The average Bonchev–Trinajstić information content (AvgIpc) is 2.77. The van der Waals surface area contributed by atoms with Crippen LogP contribution in [0.4, 0.5) is 0 Å². The average molecular weight is 459 g/mol. The Morgan fingerprint density at radius 3 is 1.52 bits per heavy atom. The van der Waals surface area contributed by atoms with Crippen LogP contribution in [0.5, 0.6) is 0 Å². The fourth-order valence-corrected chi connectivity index (χ4v) is 4.94. The number of hydrogen-bond donors (Lipinski definition) is 1. The SMILES string of the molecule is CCCCCCCCCCCCCCCCCCCCc1cc(CC(=O)O)ccc1C(C)C. The molecule has 2 heteroatoms. The molecule has 0 heterocycles. The van der Waals surface area contributed by atoms with Gasteiger partial charge in [-0.15, -0.1) is 0 Å². The van der Waals surface area contributed by atoms with Gasteiger partial charge < -0.3 is 5.11 Å². The summed E-state index contributed by atoms with van der Waals surface area (Å²) in [7, 11) is 0. The Labute approximate surface area is 206 Å². The lowest BCUT2D eigenvalue weighted by atomic mass is 9.91. The summed E-state index contributed by atoms with van der Waals surface area (Å²) >= 11 is 0. The number of benzene rings is 1. The zero-order valence-corrected chi connectivity index (χ0v) is 22.3. The molecule has 2 nitrogen and oxygen atoms in total. The van der Waals surface area contributed by atoms with E-state index in [1.165, 1.54) is 127 Å². The molecule has 0 atom stereocenters. The van der Waals surface area contributed by atoms with E-state index in [1.807, 2.05) is 6.07 Å². The molecule has 0 saturated carbocycles. The van der Waals surface area contributed by atoms with Gasteiger partial charge in [-0.25, -0.2) is 0 Å². The summed E-state index contributed by atoms with van der Waals surface area (Å²) in [6.07, 6.45) is 26.4. The molecule has 1 N–H and O–H groups in total. The molecule has 1 aromatic rings. The van der Waals surface area contributed by atoms with Crippen molar-refractivity contribution >= 4 is 5.97 Å². The fourth-order valence-electron chi connectivity index (χ4n) is 4.94. The normalized spacial score (nSPS) is 11.4. The van der Waals surface area contributed by atoms with Crippen LogP contribution < -0.4 is 0 Å². The Kier molecular flexibility index (Phi) is 18.1. The van der Waals surface area contributed by atoms with Gasteiger partial charge in [-0.2, -0.15) is 0 Å². The third-order valence-corrected chi connectivity index (χ3v) is 6.98. The van der Waals surface area contributed by atoms with E-state index in [1.54, 1.807) is 0 Å². The number of carbonyl (C=O) groups is 1. The van der Waals surface area contributed by atoms with Crippen molar-refractivity contribution in [1.29, 1.82) is 0 Å². The van der Waals surface area contributed by atoms with Gasteiger partial charge in [-0.05, 0) is 35.4 Å². The maximum Gasteiger partial charge on any atom is 0.307 e. The molecule has 1 rings (SSSR count). The van der Waals surface area contributed by atoms with Crippen molar-refractivity contribution in [3.63, 3.8) is 0 Å². The molecule has 1 aromatic carbocycles. The lowest BCUT2D eigenvalue weighted by molar-refractivity contribution is -0.136. The van der Waals surface area contributed by atoms with Gasteiger partial charge in [-0.1, -0.05) is 148 Å². The summed E-state index contributed by atoms with van der Waals surface area (Å²) in [5.74, 6) is -0.249. The highest BCUT2D eigenvalue weighted by molar-refractivity contribution is 5.70. The predicted octanol–water partition coefficient (Wildman–Crippen LogP) is 10.0. The number of carboxylic acid groups (broad SMARTS) is 1. The lowest BCUT2D eigenvalue weighted by Gasteiger charge is -2.14. The molecule has 0 aromatic heterocycles. The molecule has 0 spiro atoms. The molecule has 190 valence electrons. The highest BCUT2D eigenvalue weighted by Gasteiger charge is 2.09. The minimum absolute atomic E-state index is 0.129. The second-order valence-corrected chi connectivity index (χ2v) is 10.5. The van der Waals surface area contributed by atoms with E-state index in [4.69, 9.17) is 5.11 Å². The van der Waals surface area contributed by atoms with E-state index in [2.05, 4.69) is 32.9 Å². The van der Waals surface area contributed by atoms with Crippen LogP contribution in [0.25, 0.3) is 0 Å². The highest BCUT2D eigenvalue weighted by atomic mass is 16.4. The Bertz CT molecular complexity index is 605. The number of hydrogen-bond acceptors (Lipinski definition) is 1. The van der Waals surface area contributed by atoms with Crippen molar-refractivity contribution in [2.45, 2.75) is 155 Å². The summed E-state index contributed by atoms with van der Waals surface area (Å²) in [4.78, 5) is 11.0. The molecule has 0 aliphatic rings. The largest absolute Gasteiger partial charge is 0.481 e.